The molecule has 2 aromatic carbocycles. The molecule has 0 atom stereocenters. The van der Waals surface area contributed by atoms with Crippen molar-refractivity contribution in [1.82, 2.24) is 0 Å². The van der Waals surface area contributed by atoms with E-state index in [2.05, 4.69) is 31.9 Å². The molecular formula is C15H12Br2O. The van der Waals surface area contributed by atoms with Crippen LogP contribution in [-0.2, 0) is 17.6 Å². The third kappa shape index (κ3) is 3.79. The molecule has 1 nitrogen and oxygen atoms in total. The van der Waals surface area contributed by atoms with Gasteiger partial charge in [0.2, 0.25) is 0 Å². The first-order valence-electron chi connectivity index (χ1n) is 5.65. The highest BCUT2D eigenvalue weighted by Crippen LogP contribution is 2.17. The Morgan fingerprint density at radius 1 is 0.889 bits per heavy atom. The summed E-state index contributed by atoms with van der Waals surface area (Å²) in [5.41, 5.74) is 2.09. The molecule has 92 valence electrons. The minimum atomic E-state index is 0.226. The lowest BCUT2D eigenvalue weighted by atomic mass is 10.0. The maximum atomic E-state index is 12.0. The van der Waals surface area contributed by atoms with Crippen LogP contribution in [-0.4, -0.2) is 5.78 Å². The minimum Gasteiger partial charge on any atom is -0.299 e. The van der Waals surface area contributed by atoms with Crippen LogP contribution >= 0.6 is 31.9 Å². The number of halogens is 2. The van der Waals surface area contributed by atoms with Gasteiger partial charge in [-0.25, -0.2) is 0 Å². The van der Waals surface area contributed by atoms with Crippen LogP contribution in [0.1, 0.15) is 11.1 Å². The van der Waals surface area contributed by atoms with Crippen molar-refractivity contribution in [2.24, 2.45) is 0 Å². The summed E-state index contributed by atoms with van der Waals surface area (Å²) >= 11 is 6.85. The van der Waals surface area contributed by atoms with Gasteiger partial charge in [0, 0.05) is 21.8 Å². The van der Waals surface area contributed by atoms with Gasteiger partial charge in [-0.05, 0) is 29.3 Å². The van der Waals surface area contributed by atoms with E-state index in [1.165, 1.54) is 0 Å². The first kappa shape index (κ1) is 13.5. The van der Waals surface area contributed by atoms with Crippen LogP contribution in [0, 0.1) is 0 Å². The van der Waals surface area contributed by atoms with Crippen LogP contribution in [0.3, 0.4) is 0 Å². The molecule has 0 N–H and O–H groups in total. The lowest BCUT2D eigenvalue weighted by Crippen LogP contribution is -2.06. The Labute approximate surface area is 123 Å². The molecule has 0 fully saturated rings. The van der Waals surface area contributed by atoms with E-state index in [1.807, 2.05) is 48.5 Å². The molecule has 18 heavy (non-hydrogen) atoms. The summed E-state index contributed by atoms with van der Waals surface area (Å²) in [6.07, 6.45) is 0.950. The maximum absolute atomic E-state index is 12.0. The molecule has 0 unspecified atom stereocenters. The van der Waals surface area contributed by atoms with E-state index < -0.39 is 0 Å². The maximum Gasteiger partial charge on any atom is 0.141 e. The third-order valence-electron chi connectivity index (χ3n) is 2.66. The van der Waals surface area contributed by atoms with Gasteiger partial charge in [-0.15, -0.1) is 0 Å². The number of carbonyl (C=O) groups excluding carboxylic acids is 1. The number of ketones is 1. The Morgan fingerprint density at radius 2 is 1.56 bits per heavy atom. The van der Waals surface area contributed by atoms with Gasteiger partial charge in [0.25, 0.3) is 0 Å². The molecule has 0 bridgehead atoms. The molecule has 2 rings (SSSR count). The number of hydrogen-bond donors (Lipinski definition) is 0. The van der Waals surface area contributed by atoms with Crippen molar-refractivity contribution in [2.75, 3.05) is 0 Å². The Bertz CT molecular complexity index is 547. The lowest BCUT2D eigenvalue weighted by molar-refractivity contribution is -0.117. The molecule has 0 saturated heterocycles. The second-order valence-corrected chi connectivity index (χ2v) is 5.88. The van der Waals surface area contributed by atoms with Gasteiger partial charge in [0.15, 0.2) is 0 Å². The van der Waals surface area contributed by atoms with Crippen molar-refractivity contribution in [3.05, 3.63) is 68.6 Å². The second kappa shape index (κ2) is 6.30. The third-order valence-corrected chi connectivity index (χ3v) is 3.96. The highest BCUT2D eigenvalue weighted by atomic mass is 79.9. The monoisotopic (exact) mass is 366 g/mol. The fourth-order valence-corrected chi connectivity index (χ4v) is 2.44. The molecule has 0 aromatic heterocycles. The fraction of sp³-hybridized carbons (Fsp3) is 0.133. The van der Waals surface area contributed by atoms with Gasteiger partial charge in [-0.2, -0.15) is 0 Å². The van der Waals surface area contributed by atoms with Crippen LogP contribution in [0.25, 0.3) is 0 Å². The highest BCUT2D eigenvalue weighted by molar-refractivity contribution is 9.10. The molecular weight excluding hydrogens is 356 g/mol. The second-order valence-electron chi connectivity index (χ2n) is 4.11. The fourth-order valence-electron chi connectivity index (χ4n) is 1.75. The van der Waals surface area contributed by atoms with Crippen LogP contribution in [0.5, 0.6) is 0 Å². The van der Waals surface area contributed by atoms with Crippen molar-refractivity contribution in [2.45, 2.75) is 12.8 Å². The van der Waals surface area contributed by atoms with Crippen LogP contribution in [0.15, 0.2) is 57.5 Å². The first-order chi connectivity index (χ1) is 8.65. The van der Waals surface area contributed by atoms with E-state index in [4.69, 9.17) is 0 Å². The summed E-state index contributed by atoms with van der Waals surface area (Å²) in [6.45, 7) is 0. The average Bonchev–Trinajstić information content (AvgIpc) is 2.35. The van der Waals surface area contributed by atoms with E-state index in [-0.39, 0.29) is 5.78 Å². The van der Waals surface area contributed by atoms with Gasteiger partial charge in [-0.3, -0.25) is 4.79 Å². The van der Waals surface area contributed by atoms with E-state index >= 15 is 0 Å². The van der Waals surface area contributed by atoms with Gasteiger partial charge >= 0.3 is 0 Å². The van der Waals surface area contributed by atoms with Crippen molar-refractivity contribution in [3.63, 3.8) is 0 Å². The summed E-state index contributed by atoms with van der Waals surface area (Å²) in [5.74, 6) is 0.226. The molecule has 0 amide bonds. The average molecular weight is 368 g/mol. The van der Waals surface area contributed by atoms with Crippen molar-refractivity contribution in [3.8, 4) is 0 Å². The molecule has 0 aliphatic carbocycles. The lowest BCUT2D eigenvalue weighted by Gasteiger charge is -2.04. The van der Waals surface area contributed by atoms with Gasteiger partial charge in [0.1, 0.15) is 5.78 Å². The Morgan fingerprint density at radius 3 is 2.22 bits per heavy atom. The first-order valence-corrected chi connectivity index (χ1v) is 7.23. The summed E-state index contributed by atoms with van der Waals surface area (Å²) in [6, 6.07) is 15.7. The molecule has 0 aliphatic rings. The zero-order valence-corrected chi connectivity index (χ0v) is 12.9. The molecule has 0 aliphatic heterocycles. The predicted octanol–water partition coefficient (Wildman–Crippen LogP) is 4.57. The van der Waals surface area contributed by atoms with Crippen LogP contribution in [0.4, 0.5) is 0 Å². The highest BCUT2D eigenvalue weighted by Gasteiger charge is 2.07. The van der Waals surface area contributed by atoms with E-state index in [1.54, 1.807) is 0 Å². The van der Waals surface area contributed by atoms with Crippen LogP contribution < -0.4 is 0 Å². The predicted molar refractivity (Wildman–Crippen MR) is 80.7 cm³/mol. The minimum absolute atomic E-state index is 0.226. The number of Topliss-reactive ketones (excluding diaryl/α,β-unsaturated/α-hetero) is 1. The van der Waals surface area contributed by atoms with Crippen molar-refractivity contribution < 1.29 is 4.79 Å². The molecule has 2 aromatic rings. The standard InChI is InChI=1S/C15H12Br2O/c16-13-7-5-11(6-8-13)9-14(18)10-12-3-1-2-4-15(12)17/h1-8H,9-10H2. The van der Waals surface area contributed by atoms with E-state index in [0.29, 0.717) is 12.8 Å². The number of rotatable bonds is 4. The SMILES string of the molecule is O=C(Cc1ccc(Br)cc1)Cc1ccccc1Br. The summed E-state index contributed by atoms with van der Waals surface area (Å²) in [4.78, 5) is 12.0. The topological polar surface area (TPSA) is 17.1 Å². The molecule has 0 radical (unpaired) electrons. The largest absolute Gasteiger partial charge is 0.299 e. The smallest absolute Gasteiger partial charge is 0.141 e. The zero-order valence-electron chi connectivity index (χ0n) is 9.70. The normalized spacial score (nSPS) is 10.3. The van der Waals surface area contributed by atoms with E-state index in [0.717, 1.165) is 20.1 Å². The Kier molecular flexibility index (Phi) is 4.72. The molecule has 3 heteroatoms. The van der Waals surface area contributed by atoms with Gasteiger partial charge in [-0.1, -0.05) is 62.2 Å². The molecule has 0 saturated carbocycles. The molecule has 0 heterocycles. The number of hydrogen-bond acceptors (Lipinski definition) is 1. The zero-order chi connectivity index (χ0) is 13.0. The van der Waals surface area contributed by atoms with Gasteiger partial charge in [0.05, 0.1) is 0 Å². The van der Waals surface area contributed by atoms with E-state index in [9.17, 15) is 4.79 Å². The Balaban J connectivity index is 2.01. The summed E-state index contributed by atoms with van der Waals surface area (Å²) in [7, 11) is 0. The number of benzene rings is 2. The quantitative estimate of drug-likeness (QED) is 0.773. The molecule has 0 spiro atoms. The number of carbonyl (C=O) groups is 1. The van der Waals surface area contributed by atoms with Gasteiger partial charge < -0.3 is 0 Å². The van der Waals surface area contributed by atoms with Crippen molar-refractivity contribution in [1.29, 1.82) is 0 Å². The van der Waals surface area contributed by atoms with Crippen molar-refractivity contribution >= 4 is 37.6 Å². The summed E-state index contributed by atoms with van der Waals surface area (Å²) < 4.78 is 2.03. The van der Waals surface area contributed by atoms with Crippen LogP contribution in [0.2, 0.25) is 0 Å². The Hall–Kier alpha value is -0.930. The summed E-state index contributed by atoms with van der Waals surface area (Å²) in [5, 5.41) is 0.